The summed E-state index contributed by atoms with van der Waals surface area (Å²) in [5.74, 6) is -0.975. The van der Waals surface area contributed by atoms with Crippen molar-refractivity contribution < 1.29 is 13.6 Å². The second-order valence-corrected chi connectivity index (χ2v) is 3.81. The van der Waals surface area contributed by atoms with Crippen molar-refractivity contribution in [2.45, 2.75) is 18.9 Å². The predicted molar refractivity (Wildman–Crippen MR) is 56.0 cm³/mol. The minimum Gasteiger partial charge on any atom is -0.381 e. The summed E-state index contributed by atoms with van der Waals surface area (Å²) in [7, 11) is 0. The van der Waals surface area contributed by atoms with Gasteiger partial charge in [-0.3, -0.25) is 4.79 Å². The van der Waals surface area contributed by atoms with Crippen molar-refractivity contribution in [3.05, 3.63) is 29.8 Å². The monoisotopic (exact) mass is 226 g/mol. The number of amides is 1. The molecule has 1 aromatic carbocycles. The van der Waals surface area contributed by atoms with Gasteiger partial charge in [0.1, 0.15) is 11.6 Å². The first-order valence-electron chi connectivity index (χ1n) is 5.13. The average molecular weight is 226 g/mol. The van der Waals surface area contributed by atoms with E-state index in [0.717, 1.165) is 24.6 Å². The van der Waals surface area contributed by atoms with Crippen molar-refractivity contribution in [1.82, 2.24) is 5.32 Å². The molecular formula is C11H12F2N2O. The Bertz CT molecular complexity index is 409. The summed E-state index contributed by atoms with van der Waals surface area (Å²) in [6.07, 6.45) is 1.22. The minimum absolute atomic E-state index is 0.00447. The zero-order chi connectivity index (χ0) is 11.5. The highest BCUT2D eigenvalue weighted by Crippen LogP contribution is 2.16. The lowest BCUT2D eigenvalue weighted by molar-refractivity contribution is -0.119. The molecule has 0 saturated carbocycles. The topological polar surface area (TPSA) is 41.1 Å². The van der Waals surface area contributed by atoms with Crippen LogP contribution < -0.4 is 10.6 Å². The summed E-state index contributed by atoms with van der Waals surface area (Å²) in [5.41, 5.74) is 0.126. The molecule has 2 N–H and O–H groups in total. The summed E-state index contributed by atoms with van der Waals surface area (Å²) in [6, 6.07) is 3.24. The Hall–Kier alpha value is -1.65. The fraction of sp³-hybridized carbons (Fsp3) is 0.364. The van der Waals surface area contributed by atoms with Crippen LogP contribution in [-0.4, -0.2) is 18.5 Å². The van der Waals surface area contributed by atoms with E-state index in [9.17, 15) is 13.6 Å². The standard InChI is InChI=1S/C11H12F2N2O/c12-7-1-3-9(13)10(5-7)14-6-8-2-4-11(16)15-8/h1,3,5,8,14H,2,4,6H2,(H,15,16). The Morgan fingerprint density at radius 3 is 2.94 bits per heavy atom. The van der Waals surface area contributed by atoms with Gasteiger partial charge in [0.05, 0.1) is 5.69 Å². The Morgan fingerprint density at radius 1 is 1.44 bits per heavy atom. The van der Waals surface area contributed by atoms with Gasteiger partial charge in [-0.2, -0.15) is 0 Å². The lowest BCUT2D eigenvalue weighted by Gasteiger charge is -2.12. The van der Waals surface area contributed by atoms with E-state index in [1.165, 1.54) is 0 Å². The SMILES string of the molecule is O=C1CCC(CNc2cc(F)ccc2F)N1. The highest BCUT2D eigenvalue weighted by molar-refractivity contribution is 5.78. The number of carbonyl (C=O) groups is 1. The maximum Gasteiger partial charge on any atom is 0.220 e. The lowest BCUT2D eigenvalue weighted by Crippen LogP contribution is -2.31. The maximum atomic E-state index is 13.2. The summed E-state index contributed by atoms with van der Waals surface area (Å²) >= 11 is 0. The third-order valence-corrected chi connectivity index (χ3v) is 2.55. The second kappa shape index (κ2) is 4.47. The van der Waals surface area contributed by atoms with Crippen molar-refractivity contribution in [2.75, 3.05) is 11.9 Å². The Balaban J connectivity index is 1.94. The number of hydrogen-bond donors (Lipinski definition) is 2. The van der Waals surface area contributed by atoms with E-state index >= 15 is 0 Å². The van der Waals surface area contributed by atoms with Crippen LogP contribution in [0.3, 0.4) is 0 Å². The minimum atomic E-state index is -0.495. The molecule has 0 aromatic heterocycles. The van der Waals surface area contributed by atoms with Crippen LogP contribution in [0.5, 0.6) is 0 Å². The number of benzene rings is 1. The van der Waals surface area contributed by atoms with Crippen LogP contribution in [0.4, 0.5) is 14.5 Å². The zero-order valence-corrected chi connectivity index (χ0v) is 8.59. The largest absolute Gasteiger partial charge is 0.381 e. The van der Waals surface area contributed by atoms with Crippen molar-refractivity contribution >= 4 is 11.6 Å². The van der Waals surface area contributed by atoms with E-state index in [1.807, 2.05) is 0 Å². The molecular weight excluding hydrogens is 214 g/mol. The van der Waals surface area contributed by atoms with Crippen LogP contribution in [0.1, 0.15) is 12.8 Å². The molecule has 1 heterocycles. The van der Waals surface area contributed by atoms with Crippen LogP contribution in [0.2, 0.25) is 0 Å². The molecule has 1 aliphatic heterocycles. The lowest BCUT2D eigenvalue weighted by atomic mass is 10.2. The van der Waals surface area contributed by atoms with Crippen LogP contribution in [0.25, 0.3) is 0 Å². The highest BCUT2D eigenvalue weighted by Gasteiger charge is 2.20. The molecule has 86 valence electrons. The van der Waals surface area contributed by atoms with Crippen LogP contribution in [0, 0.1) is 11.6 Å². The number of nitrogens with one attached hydrogen (secondary N) is 2. The predicted octanol–water partition coefficient (Wildman–Crippen LogP) is 1.66. The Morgan fingerprint density at radius 2 is 2.25 bits per heavy atom. The molecule has 1 unspecified atom stereocenters. The van der Waals surface area contributed by atoms with Gasteiger partial charge in [-0.05, 0) is 24.6 Å². The first-order valence-corrected chi connectivity index (χ1v) is 5.13. The quantitative estimate of drug-likeness (QED) is 0.822. The van der Waals surface area contributed by atoms with Gasteiger partial charge in [0.2, 0.25) is 5.91 Å². The number of hydrogen-bond acceptors (Lipinski definition) is 2. The van der Waals surface area contributed by atoms with Crippen LogP contribution in [0.15, 0.2) is 18.2 Å². The number of halogens is 2. The Kier molecular flexibility index (Phi) is 3.03. The third kappa shape index (κ3) is 2.48. The van der Waals surface area contributed by atoms with Gasteiger partial charge in [-0.1, -0.05) is 0 Å². The molecule has 1 atom stereocenters. The van der Waals surface area contributed by atoms with Crippen LogP contribution >= 0.6 is 0 Å². The first kappa shape index (κ1) is 10.9. The van der Waals surface area contributed by atoms with Crippen molar-refractivity contribution in [1.29, 1.82) is 0 Å². The maximum absolute atomic E-state index is 13.2. The molecule has 0 spiro atoms. The smallest absolute Gasteiger partial charge is 0.220 e. The van der Waals surface area contributed by atoms with Gasteiger partial charge in [-0.15, -0.1) is 0 Å². The highest BCUT2D eigenvalue weighted by atomic mass is 19.1. The van der Waals surface area contributed by atoms with Crippen molar-refractivity contribution in [3.63, 3.8) is 0 Å². The van der Waals surface area contributed by atoms with Gasteiger partial charge in [0.15, 0.2) is 0 Å². The molecule has 1 amide bonds. The molecule has 1 aliphatic rings. The van der Waals surface area contributed by atoms with E-state index in [4.69, 9.17) is 0 Å². The molecule has 0 bridgehead atoms. The molecule has 1 fully saturated rings. The van der Waals surface area contributed by atoms with E-state index in [1.54, 1.807) is 0 Å². The molecule has 0 aliphatic carbocycles. The summed E-state index contributed by atoms with van der Waals surface area (Å²) in [4.78, 5) is 10.9. The van der Waals surface area contributed by atoms with Gasteiger partial charge >= 0.3 is 0 Å². The summed E-state index contributed by atoms with van der Waals surface area (Å²) in [6.45, 7) is 0.409. The number of carbonyl (C=O) groups excluding carboxylic acids is 1. The van der Waals surface area contributed by atoms with E-state index in [-0.39, 0.29) is 17.6 Å². The Labute approximate surface area is 91.8 Å². The normalized spacial score (nSPS) is 19.6. The molecule has 0 radical (unpaired) electrons. The van der Waals surface area contributed by atoms with E-state index in [2.05, 4.69) is 10.6 Å². The van der Waals surface area contributed by atoms with E-state index in [0.29, 0.717) is 13.0 Å². The van der Waals surface area contributed by atoms with Crippen LogP contribution in [-0.2, 0) is 4.79 Å². The van der Waals surface area contributed by atoms with Gasteiger partial charge in [0, 0.05) is 19.0 Å². The van der Waals surface area contributed by atoms with E-state index < -0.39 is 11.6 Å². The average Bonchev–Trinajstić information content (AvgIpc) is 2.66. The number of anilines is 1. The molecule has 5 heteroatoms. The third-order valence-electron chi connectivity index (χ3n) is 2.55. The summed E-state index contributed by atoms with van der Waals surface area (Å²) in [5, 5.41) is 5.53. The molecule has 1 aromatic rings. The molecule has 1 saturated heterocycles. The first-order chi connectivity index (χ1) is 7.65. The fourth-order valence-electron chi connectivity index (χ4n) is 1.70. The second-order valence-electron chi connectivity index (χ2n) is 3.81. The van der Waals surface area contributed by atoms with Gasteiger partial charge in [-0.25, -0.2) is 8.78 Å². The van der Waals surface area contributed by atoms with Crippen molar-refractivity contribution in [3.8, 4) is 0 Å². The molecule has 2 rings (SSSR count). The van der Waals surface area contributed by atoms with Crippen molar-refractivity contribution in [2.24, 2.45) is 0 Å². The number of rotatable bonds is 3. The van der Waals surface area contributed by atoms with Gasteiger partial charge in [0.25, 0.3) is 0 Å². The fourth-order valence-corrected chi connectivity index (χ4v) is 1.70. The van der Waals surface area contributed by atoms with Gasteiger partial charge < -0.3 is 10.6 Å². The molecule has 3 nitrogen and oxygen atoms in total. The molecule has 16 heavy (non-hydrogen) atoms. The zero-order valence-electron chi connectivity index (χ0n) is 8.59. The summed E-state index contributed by atoms with van der Waals surface area (Å²) < 4.78 is 26.0.